The zero-order valence-corrected chi connectivity index (χ0v) is 8.99. The number of hydrogen-bond acceptors (Lipinski definition) is 3. The lowest BCUT2D eigenvalue weighted by Gasteiger charge is -2.09. The van der Waals surface area contributed by atoms with E-state index in [2.05, 4.69) is 5.32 Å². The van der Waals surface area contributed by atoms with Crippen molar-refractivity contribution in [3.8, 4) is 0 Å². The molecule has 0 radical (unpaired) electrons. The SMILES string of the molecule is CCCC(=O)Nc1cccc(C(=O)O)c1N. The topological polar surface area (TPSA) is 92.4 Å². The standard InChI is InChI=1S/C11H14N2O3/c1-2-4-9(14)13-8-6-3-5-7(10(8)12)11(15)16/h3,5-6H,2,4,12H2,1H3,(H,13,14)(H,15,16). The first-order valence-electron chi connectivity index (χ1n) is 4.98. The highest BCUT2D eigenvalue weighted by Crippen LogP contribution is 2.22. The number of carboxylic acid groups (broad SMARTS) is 1. The molecule has 0 aliphatic rings. The second-order valence-corrected chi connectivity index (χ2v) is 3.37. The number of carboxylic acids is 1. The van der Waals surface area contributed by atoms with Crippen LogP contribution >= 0.6 is 0 Å². The molecule has 0 aliphatic carbocycles. The molecule has 0 spiro atoms. The monoisotopic (exact) mass is 222 g/mol. The summed E-state index contributed by atoms with van der Waals surface area (Å²) in [4.78, 5) is 22.1. The summed E-state index contributed by atoms with van der Waals surface area (Å²) in [6.45, 7) is 1.89. The van der Waals surface area contributed by atoms with Gasteiger partial charge in [0.05, 0.1) is 16.9 Å². The van der Waals surface area contributed by atoms with Crippen molar-refractivity contribution in [2.45, 2.75) is 19.8 Å². The number of rotatable bonds is 4. The van der Waals surface area contributed by atoms with Gasteiger partial charge in [0.25, 0.3) is 0 Å². The van der Waals surface area contributed by atoms with E-state index in [0.29, 0.717) is 12.1 Å². The van der Waals surface area contributed by atoms with E-state index in [4.69, 9.17) is 10.8 Å². The lowest BCUT2D eigenvalue weighted by molar-refractivity contribution is -0.116. The molecule has 0 bridgehead atoms. The molecule has 0 unspecified atom stereocenters. The fourth-order valence-corrected chi connectivity index (χ4v) is 1.30. The van der Waals surface area contributed by atoms with Crippen molar-refractivity contribution >= 4 is 23.3 Å². The van der Waals surface area contributed by atoms with E-state index < -0.39 is 5.97 Å². The van der Waals surface area contributed by atoms with Crippen molar-refractivity contribution in [1.82, 2.24) is 0 Å². The molecule has 4 N–H and O–H groups in total. The maximum Gasteiger partial charge on any atom is 0.337 e. The Morgan fingerprint density at radius 2 is 2.12 bits per heavy atom. The van der Waals surface area contributed by atoms with Gasteiger partial charge in [-0.3, -0.25) is 4.79 Å². The highest BCUT2D eigenvalue weighted by atomic mass is 16.4. The molecule has 86 valence electrons. The van der Waals surface area contributed by atoms with E-state index in [0.717, 1.165) is 6.42 Å². The van der Waals surface area contributed by atoms with Gasteiger partial charge in [-0.2, -0.15) is 0 Å². The van der Waals surface area contributed by atoms with Gasteiger partial charge in [-0.1, -0.05) is 13.0 Å². The van der Waals surface area contributed by atoms with Crippen LogP contribution in [0, 0.1) is 0 Å². The summed E-state index contributed by atoms with van der Waals surface area (Å²) in [5.74, 6) is -1.28. The van der Waals surface area contributed by atoms with Crippen LogP contribution in [0.5, 0.6) is 0 Å². The Kier molecular flexibility index (Phi) is 3.88. The van der Waals surface area contributed by atoms with Gasteiger partial charge < -0.3 is 16.2 Å². The van der Waals surface area contributed by atoms with Gasteiger partial charge in [0.15, 0.2) is 0 Å². The molecule has 1 aromatic carbocycles. The number of para-hydroxylation sites is 1. The zero-order chi connectivity index (χ0) is 12.1. The molecular formula is C11H14N2O3. The Morgan fingerprint density at radius 1 is 1.44 bits per heavy atom. The Hall–Kier alpha value is -2.04. The predicted octanol–water partition coefficient (Wildman–Crippen LogP) is 1.71. The third kappa shape index (κ3) is 2.73. The summed E-state index contributed by atoms with van der Waals surface area (Å²) < 4.78 is 0. The van der Waals surface area contributed by atoms with Crippen molar-refractivity contribution < 1.29 is 14.7 Å². The van der Waals surface area contributed by atoms with E-state index in [1.165, 1.54) is 6.07 Å². The number of amides is 1. The number of carbonyl (C=O) groups excluding carboxylic acids is 1. The fourth-order valence-electron chi connectivity index (χ4n) is 1.30. The molecule has 5 nitrogen and oxygen atoms in total. The Labute approximate surface area is 93.3 Å². The van der Waals surface area contributed by atoms with E-state index in [1.54, 1.807) is 12.1 Å². The average molecular weight is 222 g/mol. The molecule has 0 atom stereocenters. The third-order valence-electron chi connectivity index (χ3n) is 2.09. The van der Waals surface area contributed by atoms with Crippen molar-refractivity contribution in [2.75, 3.05) is 11.1 Å². The van der Waals surface area contributed by atoms with Crippen molar-refractivity contribution in [3.05, 3.63) is 23.8 Å². The number of carbonyl (C=O) groups is 2. The maximum absolute atomic E-state index is 11.3. The van der Waals surface area contributed by atoms with Crippen molar-refractivity contribution in [3.63, 3.8) is 0 Å². The van der Waals surface area contributed by atoms with E-state index >= 15 is 0 Å². The second-order valence-electron chi connectivity index (χ2n) is 3.37. The molecule has 0 fully saturated rings. The molecule has 1 amide bonds. The van der Waals surface area contributed by atoms with Crippen LogP contribution in [-0.2, 0) is 4.79 Å². The Bertz CT molecular complexity index is 416. The van der Waals surface area contributed by atoms with E-state index in [9.17, 15) is 9.59 Å². The zero-order valence-electron chi connectivity index (χ0n) is 8.99. The second kappa shape index (κ2) is 5.16. The van der Waals surface area contributed by atoms with Crippen LogP contribution in [0.25, 0.3) is 0 Å². The normalized spacial score (nSPS) is 9.81. The molecule has 1 aromatic rings. The van der Waals surface area contributed by atoms with Gasteiger partial charge in [-0.15, -0.1) is 0 Å². The molecule has 0 saturated heterocycles. The summed E-state index contributed by atoms with van der Waals surface area (Å²) in [6, 6.07) is 4.52. The number of benzene rings is 1. The summed E-state index contributed by atoms with van der Waals surface area (Å²) in [5.41, 5.74) is 6.06. The molecule has 0 aromatic heterocycles. The van der Waals surface area contributed by atoms with Crippen molar-refractivity contribution in [1.29, 1.82) is 0 Å². The number of anilines is 2. The first-order valence-corrected chi connectivity index (χ1v) is 4.98. The lowest BCUT2D eigenvalue weighted by Crippen LogP contribution is -2.13. The molecule has 0 saturated carbocycles. The number of nitrogen functional groups attached to an aromatic ring is 1. The van der Waals surface area contributed by atoms with Gasteiger partial charge in [-0.05, 0) is 18.6 Å². The predicted molar refractivity (Wildman–Crippen MR) is 61.4 cm³/mol. The third-order valence-corrected chi connectivity index (χ3v) is 2.09. The van der Waals surface area contributed by atoms with Crippen LogP contribution < -0.4 is 11.1 Å². The van der Waals surface area contributed by atoms with Gasteiger partial charge >= 0.3 is 5.97 Å². The van der Waals surface area contributed by atoms with Gasteiger partial charge in [-0.25, -0.2) is 4.79 Å². The smallest absolute Gasteiger partial charge is 0.337 e. The highest BCUT2D eigenvalue weighted by molar-refractivity contribution is 6.01. The number of nitrogens with one attached hydrogen (secondary N) is 1. The average Bonchev–Trinajstić information content (AvgIpc) is 2.21. The largest absolute Gasteiger partial charge is 0.478 e. The summed E-state index contributed by atoms with van der Waals surface area (Å²) in [7, 11) is 0. The molecule has 0 heterocycles. The van der Waals surface area contributed by atoms with E-state index in [-0.39, 0.29) is 17.2 Å². The molecular weight excluding hydrogens is 208 g/mol. The summed E-state index contributed by atoms with van der Waals surface area (Å²) in [6.07, 6.45) is 1.11. The molecule has 5 heteroatoms. The first-order chi connectivity index (χ1) is 7.56. The van der Waals surface area contributed by atoms with Crippen LogP contribution in [0.2, 0.25) is 0 Å². The maximum atomic E-state index is 11.3. The molecule has 1 rings (SSSR count). The number of aromatic carboxylic acids is 1. The van der Waals surface area contributed by atoms with Gasteiger partial charge in [0.1, 0.15) is 0 Å². The Morgan fingerprint density at radius 3 is 2.69 bits per heavy atom. The fraction of sp³-hybridized carbons (Fsp3) is 0.273. The van der Waals surface area contributed by atoms with Gasteiger partial charge in [0, 0.05) is 6.42 Å². The van der Waals surface area contributed by atoms with Crippen LogP contribution in [0.15, 0.2) is 18.2 Å². The summed E-state index contributed by atoms with van der Waals surface area (Å²) >= 11 is 0. The minimum absolute atomic E-state index is 0.00528. The quantitative estimate of drug-likeness (QED) is 0.676. The minimum Gasteiger partial charge on any atom is -0.478 e. The van der Waals surface area contributed by atoms with E-state index in [1.807, 2.05) is 6.92 Å². The van der Waals surface area contributed by atoms with Crippen LogP contribution in [0.1, 0.15) is 30.1 Å². The van der Waals surface area contributed by atoms with Crippen LogP contribution in [0.4, 0.5) is 11.4 Å². The highest BCUT2D eigenvalue weighted by Gasteiger charge is 2.12. The van der Waals surface area contributed by atoms with Crippen molar-refractivity contribution in [2.24, 2.45) is 0 Å². The first kappa shape index (κ1) is 12.0. The minimum atomic E-state index is -1.11. The van der Waals surface area contributed by atoms with Crippen LogP contribution in [0.3, 0.4) is 0 Å². The van der Waals surface area contributed by atoms with Gasteiger partial charge in [0.2, 0.25) is 5.91 Å². The number of hydrogen-bond donors (Lipinski definition) is 3. The lowest BCUT2D eigenvalue weighted by atomic mass is 10.1. The Balaban J connectivity index is 2.93. The molecule has 16 heavy (non-hydrogen) atoms. The number of nitrogens with two attached hydrogens (primary N) is 1. The summed E-state index contributed by atoms with van der Waals surface area (Å²) in [5, 5.41) is 11.4. The van der Waals surface area contributed by atoms with Crippen LogP contribution in [-0.4, -0.2) is 17.0 Å². The molecule has 0 aliphatic heterocycles.